The standard InChI is InChI=1S/C14H20N2O3/c1-9-5-6-12(7-10(9)2)16-13(17)8-15-11(3)14(18)19-4/h5-7,11,15H,8H2,1-4H3,(H,16,17)/t11-/m0/s1. The van der Waals surface area contributed by atoms with Gasteiger partial charge in [0.15, 0.2) is 0 Å². The number of aryl methyl sites for hydroxylation is 2. The molecule has 1 amide bonds. The van der Waals surface area contributed by atoms with E-state index in [9.17, 15) is 9.59 Å². The molecule has 0 fully saturated rings. The van der Waals surface area contributed by atoms with Gasteiger partial charge in [-0.2, -0.15) is 0 Å². The van der Waals surface area contributed by atoms with Crippen LogP contribution in [0.3, 0.4) is 0 Å². The Hall–Kier alpha value is -1.88. The molecule has 0 aliphatic heterocycles. The number of carbonyl (C=O) groups excluding carboxylic acids is 2. The fraction of sp³-hybridized carbons (Fsp3) is 0.429. The molecule has 1 aromatic carbocycles. The van der Waals surface area contributed by atoms with Gasteiger partial charge < -0.3 is 10.1 Å². The second kappa shape index (κ2) is 6.89. The van der Waals surface area contributed by atoms with Crippen LogP contribution in [0.1, 0.15) is 18.1 Å². The molecule has 0 spiro atoms. The van der Waals surface area contributed by atoms with Crippen LogP contribution in [0.15, 0.2) is 18.2 Å². The Morgan fingerprint density at radius 3 is 2.53 bits per heavy atom. The first-order valence-corrected chi connectivity index (χ1v) is 6.12. The minimum atomic E-state index is -0.504. The lowest BCUT2D eigenvalue weighted by molar-refractivity contribution is -0.142. The highest BCUT2D eigenvalue weighted by Crippen LogP contribution is 2.13. The third-order valence-corrected chi connectivity index (χ3v) is 2.91. The van der Waals surface area contributed by atoms with Gasteiger partial charge in [0.2, 0.25) is 5.91 Å². The highest BCUT2D eigenvalue weighted by atomic mass is 16.5. The van der Waals surface area contributed by atoms with E-state index in [-0.39, 0.29) is 18.4 Å². The number of anilines is 1. The Kier molecular flexibility index (Phi) is 5.51. The molecule has 0 aliphatic rings. The molecule has 0 aromatic heterocycles. The van der Waals surface area contributed by atoms with Crippen molar-refractivity contribution in [2.45, 2.75) is 26.8 Å². The lowest BCUT2D eigenvalue weighted by Crippen LogP contribution is -2.39. The van der Waals surface area contributed by atoms with E-state index in [1.54, 1.807) is 6.92 Å². The number of nitrogens with one attached hydrogen (secondary N) is 2. The molecule has 1 atom stereocenters. The average Bonchev–Trinajstić information content (AvgIpc) is 2.39. The van der Waals surface area contributed by atoms with Crippen LogP contribution < -0.4 is 10.6 Å². The predicted molar refractivity (Wildman–Crippen MR) is 74.0 cm³/mol. The van der Waals surface area contributed by atoms with Crippen molar-refractivity contribution in [3.8, 4) is 0 Å². The van der Waals surface area contributed by atoms with Gasteiger partial charge in [0.25, 0.3) is 0 Å². The Bertz CT molecular complexity index is 472. The van der Waals surface area contributed by atoms with Crippen LogP contribution in [0.2, 0.25) is 0 Å². The maximum atomic E-state index is 11.7. The quantitative estimate of drug-likeness (QED) is 0.789. The summed E-state index contributed by atoms with van der Waals surface area (Å²) in [4.78, 5) is 22.8. The van der Waals surface area contributed by atoms with Crippen LogP contribution in [0.4, 0.5) is 5.69 Å². The van der Waals surface area contributed by atoms with Gasteiger partial charge in [-0.05, 0) is 44.0 Å². The Morgan fingerprint density at radius 1 is 1.26 bits per heavy atom. The van der Waals surface area contributed by atoms with E-state index in [4.69, 9.17) is 0 Å². The van der Waals surface area contributed by atoms with E-state index < -0.39 is 6.04 Å². The maximum Gasteiger partial charge on any atom is 0.322 e. The molecule has 2 N–H and O–H groups in total. The van der Waals surface area contributed by atoms with E-state index in [0.29, 0.717) is 0 Å². The van der Waals surface area contributed by atoms with Crippen LogP contribution in [0.25, 0.3) is 0 Å². The highest BCUT2D eigenvalue weighted by Gasteiger charge is 2.13. The first-order chi connectivity index (χ1) is 8.93. The number of benzene rings is 1. The first-order valence-electron chi connectivity index (χ1n) is 6.12. The number of hydrogen-bond donors (Lipinski definition) is 2. The summed E-state index contributed by atoms with van der Waals surface area (Å²) in [6.45, 7) is 5.71. The Morgan fingerprint density at radius 2 is 1.95 bits per heavy atom. The van der Waals surface area contributed by atoms with Crippen molar-refractivity contribution in [2.75, 3.05) is 19.0 Å². The van der Waals surface area contributed by atoms with Crippen LogP contribution >= 0.6 is 0 Å². The van der Waals surface area contributed by atoms with E-state index >= 15 is 0 Å². The average molecular weight is 264 g/mol. The zero-order chi connectivity index (χ0) is 14.4. The molecule has 0 bridgehead atoms. The van der Waals surface area contributed by atoms with Crippen LogP contribution in [-0.4, -0.2) is 31.6 Å². The second-order valence-electron chi connectivity index (χ2n) is 4.47. The van der Waals surface area contributed by atoms with Crippen molar-refractivity contribution < 1.29 is 14.3 Å². The normalized spacial score (nSPS) is 11.8. The molecular weight excluding hydrogens is 244 g/mol. The zero-order valence-electron chi connectivity index (χ0n) is 11.7. The molecule has 0 unspecified atom stereocenters. The summed E-state index contributed by atoms with van der Waals surface area (Å²) in [7, 11) is 1.32. The third-order valence-electron chi connectivity index (χ3n) is 2.91. The van der Waals surface area contributed by atoms with Crippen LogP contribution in [-0.2, 0) is 14.3 Å². The summed E-state index contributed by atoms with van der Waals surface area (Å²) in [6.07, 6.45) is 0. The molecule has 0 heterocycles. The SMILES string of the molecule is COC(=O)[C@H](C)NCC(=O)Nc1ccc(C)c(C)c1. The number of ether oxygens (including phenoxy) is 1. The lowest BCUT2D eigenvalue weighted by atomic mass is 10.1. The fourth-order valence-corrected chi connectivity index (χ4v) is 1.53. The molecular formula is C14H20N2O3. The minimum Gasteiger partial charge on any atom is -0.468 e. The largest absolute Gasteiger partial charge is 0.468 e. The van der Waals surface area contributed by atoms with Crippen LogP contribution in [0, 0.1) is 13.8 Å². The van der Waals surface area contributed by atoms with Crippen molar-refractivity contribution in [2.24, 2.45) is 0 Å². The molecule has 0 aliphatic carbocycles. The summed E-state index contributed by atoms with van der Waals surface area (Å²) in [5.41, 5.74) is 3.05. The monoisotopic (exact) mass is 264 g/mol. The Labute approximate surface area is 113 Å². The second-order valence-corrected chi connectivity index (χ2v) is 4.47. The predicted octanol–water partition coefficient (Wildman–Crippen LogP) is 1.39. The summed E-state index contributed by atoms with van der Waals surface area (Å²) in [6, 6.07) is 5.21. The zero-order valence-corrected chi connectivity index (χ0v) is 11.7. The summed E-state index contributed by atoms with van der Waals surface area (Å²) in [5.74, 6) is -0.585. The number of carbonyl (C=O) groups is 2. The van der Waals surface area contributed by atoms with E-state index in [2.05, 4.69) is 15.4 Å². The van der Waals surface area contributed by atoms with E-state index in [1.807, 2.05) is 32.0 Å². The molecule has 1 rings (SSSR count). The molecule has 19 heavy (non-hydrogen) atoms. The Balaban J connectivity index is 2.47. The third kappa shape index (κ3) is 4.71. The van der Waals surface area contributed by atoms with E-state index in [1.165, 1.54) is 12.7 Å². The van der Waals surface area contributed by atoms with Gasteiger partial charge >= 0.3 is 5.97 Å². The minimum absolute atomic E-state index is 0.0587. The number of esters is 1. The summed E-state index contributed by atoms with van der Waals surface area (Å²) in [5, 5.41) is 5.56. The first kappa shape index (κ1) is 15.2. The molecule has 5 nitrogen and oxygen atoms in total. The van der Waals surface area contributed by atoms with Crippen molar-refractivity contribution >= 4 is 17.6 Å². The number of hydrogen-bond acceptors (Lipinski definition) is 4. The van der Waals surface area contributed by atoms with Gasteiger partial charge in [0.1, 0.15) is 6.04 Å². The van der Waals surface area contributed by atoms with Gasteiger partial charge in [0.05, 0.1) is 13.7 Å². The molecule has 0 saturated heterocycles. The van der Waals surface area contributed by atoms with Crippen molar-refractivity contribution in [1.29, 1.82) is 0 Å². The molecule has 1 aromatic rings. The summed E-state index contributed by atoms with van der Waals surface area (Å²) < 4.78 is 4.56. The maximum absolute atomic E-state index is 11.7. The molecule has 0 radical (unpaired) electrons. The molecule has 104 valence electrons. The van der Waals surface area contributed by atoms with Crippen molar-refractivity contribution in [3.05, 3.63) is 29.3 Å². The highest BCUT2D eigenvalue weighted by molar-refractivity contribution is 5.92. The van der Waals surface area contributed by atoms with Gasteiger partial charge in [-0.15, -0.1) is 0 Å². The molecule has 0 saturated carbocycles. The van der Waals surface area contributed by atoms with E-state index in [0.717, 1.165) is 11.3 Å². The van der Waals surface area contributed by atoms with Gasteiger partial charge in [-0.25, -0.2) is 0 Å². The summed E-state index contributed by atoms with van der Waals surface area (Å²) >= 11 is 0. The lowest BCUT2D eigenvalue weighted by Gasteiger charge is -2.12. The smallest absolute Gasteiger partial charge is 0.322 e. The molecule has 5 heteroatoms. The number of methoxy groups -OCH3 is 1. The van der Waals surface area contributed by atoms with Gasteiger partial charge in [-0.3, -0.25) is 14.9 Å². The number of rotatable bonds is 5. The van der Waals surface area contributed by atoms with Crippen molar-refractivity contribution in [1.82, 2.24) is 5.32 Å². The fourth-order valence-electron chi connectivity index (χ4n) is 1.53. The number of amides is 1. The topological polar surface area (TPSA) is 67.4 Å². The van der Waals surface area contributed by atoms with Gasteiger partial charge in [0, 0.05) is 5.69 Å². The van der Waals surface area contributed by atoms with Crippen molar-refractivity contribution in [3.63, 3.8) is 0 Å². The van der Waals surface area contributed by atoms with Crippen LogP contribution in [0.5, 0.6) is 0 Å². The van der Waals surface area contributed by atoms with Gasteiger partial charge in [-0.1, -0.05) is 6.07 Å².